The van der Waals surface area contributed by atoms with Crippen molar-refractivity contribution < 1.29 is 9.21 Å². The van der Waals surface area contributed by atoms with Gasteiger partial charge in [-0.3, -0.25) is 0 Å². The van der Waals surface area contributed by atoms with Gasteiger partial charge in [0.2, 0.25) is 0 Å². The van der Waals surface area contributed by atoms with E-state index in [1.807, 2.05) is 30.3 Å². The van der Waals surface area contributed by atoms with Gasteiger partial charge in [0.05, 0.1) is 6.21 Å². The Hall–Kier alpha value is -1.92. The molecule has 0 aliphatic carbocycles. The highest BCUT2D eigenvalue weighted by Crippen LogP contribution is 2.29. The lowest BCUT2D eigenvalue weighted by Crippen LogP contribution is -2.24. The van der Waals surface area contributed by atoms with Crippen molar-refractivity contribution in [3.63, 3.8) is 0 Å². The average Bonchev–Trinajstić information content (AvgIpc) is 2.79. The molecule has 2 amide bonds. The fourth-order valence-electron chi connectivity index (χ4n) is 1.24. The van der Waals surface area contributed by atoms with Crippen LogP contribution in [0.25, 0.3) is 0 Å². The monoisotopic (exact) mass is 295 g/mol. The van der Waals surface area contributed by atoms with Crippen LogP contribution in [0.15, 0.2) is 55.9 Å². The summed E-state index contributed by atoms with van der Waals surface area (Å²) in [7, 11) is 0. The molecule has 19 heavy (non-hydrogen) atoms. The highest BCUT2D eigenvalue weighted by molar-refractivity contribution is 7.99. The number of hydrazone groups is 1. The minimum Gasteiger partial charge on any atom is -0.448 e. The maximum absolute atomic E-state index is 10.4. The van der Waals surface area contributed by atoms with Crippen LogP contribution in [0.3, 0.4) is 0 Å². The molecule has 3 N–H and O–H groups in total. The van der Waals surface area contributed by atoms with Crippen molar-refractivity contribution in [2.75, 3.05) is 0 Å². The number of urea groups is 1. The molecule has 0 aliphatic heterocycles. The van der Waals surface area contributed by atoms with E-state index in [1.54, 1.807) is 6.07 Å². The lowest BCUT2D eigenvalue weighted by atomic mass is 10.4. The van der Waals surface area contributed by atoms with Gasteiger partial charge in [0.15, 0.2) is 5.09 Å². The number of hydrogen-bond donors (Lipinski definition) is 2. The van der Waals surface area contributed by atoms with E-state index in [2.05, 4.69) is 10.5 Å². The summed E-state index contributed by atoms with van der Waals surface area (Å²) >= 11 is 7.26. The topological polar surface area (TPSA) is 80.6 Å². The van der Waals surface area contributed by atoms with Gasteiger partial charge in [-0.1, -0.05) is 23.4 Å². The number of benzene rings is 1. The first kappa shape index (κ1) is 13.5. The molecule has 0 atom stereocenters. The van der Waals surface area contributed by atoms with Crippen LogP contribution in [0.4, 0.5) is 4.79 Å². The summed E-state index contributed by atoms with van der Waals surface area (Å²) in [6.07, 6.45) is 1.37. The van der Waals surface area contributed by atoms with Crippen molar-refractivity contribution in [3.05, 3.63) is 47.2 Å². The molecule has 98 valence electrons. The van der Waals surface area contributed by atoms with Gasteiger partial charge in [0.1, 0.15) is 5.76 Å². The van der Waals surface area contributed by atoms with Crippen LogP contribution in [0.1, 0.15) is 5.76 Å². The zero-order valence-corrected chi connectivity index (χ0v) is 11.2. The number of hydrogen-bond acceptors (Lipinski definition) is 4. The quantitative estimate of drug-likeness (QED) is 0.672. The van der Waals surface area contributed by atoms with E-state index in [0.29, 0.717) is 15.9 Å². The van der Waals surface area contributed by atoms with Gasteiger partial charge < -0.3 is 10.2 Å². The molecule has 0 radical (unpaired) electrons. The van der Waals surface area contributed by atoms with Crippen molar-refractivity contribution >= 4 is 35.6 Å². The molecule has 5 nitrogen and oxygen atoms in total. The molecule has 0 unspecified atom stereocenters. The molecule has 0 fully saturated rings. The van der Waals surface area contributed by atoms with E-state index >= 15 is 0 Å². The number of halogens is 1. The third-order valence-electron chi connectivity index (χ3n) is 2.00. The zero-order valence-electron chi connectivity index (χ0n) is 9.67. The number of amides is 2. The summed E-state index contributed by atoms with van der Waals surface area (Å²) in [5.41, 5.74) is 6.95. The van der Waals surface area contributed by atoms with Crippen molar-refractivity contribution in [3.8, 4) is 0 Å². The summed E-state index contributed by atoms with van der Waals surface area (Å²) in [5.74, 6) is 0.519. The number of carbonyl (C=O) groups excluding carboxylic acids is 1. The second kappa shape index (κ2) is 6.31. The fraction of sp³-hybridized carbons (Fsp3) is 0. The summed E-state index contributed by atoms with van der Waals surface area (Å²) < 4.78 is 5.49. The molecular formula is C12H10ClN3O2S. The lowest BCUT2D eigenvalue weighted by molar-refractivity contribution is 0.249. The minimum absolute atomic E-state index is 0.519. The van der Waals surface area contributed by atoms with Crippen LogP contribution in [0, 0.1) is 0 Å². The Morgan fingerprint density at radius 1 is 1.32 bits per heavy atom. The van der Waals surface area contributed by atoms with E-state index in [9.17, 15) is 4.79 Å². The minimum atomic E-state index is -0.724. The molecule has 2 aromatic rings. The number of nitrogens with two attached hydrogens (primary N) is 1. The normalized spacial score (nSPS) is 10.8. The molecule has 0 saturated carbocycles. The number of nitrogens with one attached hydrogen (secondary N) is 1. The highest BCUT2D eigenvalue weighted by atomic mass is 35.5. The van der Waals surface area contributed by atoms with Crippen LogP contribution in [-0.4, -0.2) is 12.2 Å². The Bertz CT molecular complexity index is 595. The molecule has 0 spiro atoms. The summed E-state index contributed by atoms with van der Waals surface area (Å²) in [4.78, 5) is 11.4. The van der Waals surface area contributed by atoms with Gasteiger partial charge >= 0.3 is 6.03 Å². The molecule has 0 bridgehead atoms. The molecule has 2 rings (SSSR count). The van der Waals surface area contributed by atoms with Crippen molar-refractivity contribution in [2.45, 2.75) is 9.99 Å². The van der Waals surface area contributed by atoms with Crippen molar-refractivity contribution in [1.82, 2.24) is 5.43 Å². The summed E-state index contributed by atoms with van der Waals surface area (Å²) in [6, 6.07) is 10.3. The molecule has 0 aliphatic rings. The molecule has 1 heterocycles. The van der Waals surface area contributed by atoms with Gasteiger partial charge in [-0.25, -0.2) is 10.2 Å². The van der Waals surface area contributed by atoms with E-state index < -0.39 is 6.03 Å². The molecule has 0 saturated heterocycles. The maximum Gasteiger partial charge on any atom is 0.332 e. The predicted octanol–water partition coefficient (Wildman–Crippen LogP) is 3.09. The Morgan fingerprint density at radius 3 is 2.74 bits per heavy atom. The lowest BCUT2D eigenvalue weighted by Gasteiger charge is -1.97. The maximum atomic E-state index is 10.4. The molecule has 1 aromatic heterocycles. The third kappa shape index (κ3) is 4.35. The van der Waals surface area contributed by atoms with E-state index in [1.165, 1.54) is 18.0 Å². The standard InChI is InChI=1S/C12H10ClN3O2S/c13-8-1-4-10(5-2-8)19-11-6-3-9(18-11)7-15-16-12(14)17/h1-7H,(H3,14,16,17)/b15-7-. The number of furan rings is 1. The van der Waals surface area contributed by atoms with Gasteiger partial charge in [0, 0.05) is 9.92 Å². The van der Waals surface area contributed by atoms with Crippen molar-refractivity contribution in [1.29, 1.82) is 0 Å². The third-order valence-corrected chi connectivity index (χ3v) is 3.18. The Labute approximate surface area is 118 Å². The van der Waals surface area contributed by atoms with Crippen LogP contribution in [0.5, 0.6) is 0 Å². The first-order chi connectivity index (χ1) is 9.13. The number of carbonyl (C=O) groups is 1. The smallest absolute Gasteiger partial charge is 0.332 e. The number of rotatable bonds is 4. The molecule has 1 aromatic carbocycles. The summed E-state index contributed by atoms with van der Waals surface area (Å²) in [5, 5.41) is 5.00. The van der Waals surface area contributed by atoms with E-state index in [4.69, 9.17) is 21.8 Å². The van der Waals surface area contributed by atoms with Crippen LogP contribution < -0.4 is 11.2 Å². The van der Waals surface area contributed by atoms with Crippen molar-refractivity contribution in [2.24, 2.45) is 10.8 Å². The second-order valence-corrected chi connectivity index (χ2v) is 4.96. The first-order valence-corrected chi connectivity index (χ1v) is 6.45. The first-order valence-electron chi connectivity index (χ1n) is 5.25. The van der Waals surface area contributed by atoms with Crippen LogP contribution in [0.2, 0.25) is 5.02 Å². The zero-order chi connectivity index (χ0) is 13.7. The second-order valence-electron chi connectivity index (χ2n) is 3.45. The predicted molar refractivity (Wildman–Crippen MR) is 74.6 cm³/mol. The van der Waals surface area contributed by atoms with Gasteiger partial charge in [0.25, 0.3) is 0 Å². The summed E-state index contributed by atoms with van der Waals surface area (Å²) in [6.45, 7) is 0. The molecular weight excluding hydrogens is 286 g/mol. The van der Waals surface area contributed by atoms with Gasteiger partial charge in [-0.05, 0) is 36.4 Å². The van der Waals surface area contributed by atoms with Gasteiger partial charge in [-0.15, -0.1) is 0 Å². The Morgan fingerprint density at radius 2 is 2.05 bits per heavy atom. The van der Waals surface area contributed by atoms with E-state index in [0.717, 1.165) is 4.90 Å². The Kier molecular flexibility index (Phi) is 4.48. The number of primary amides is 1. The largest absolute Gasteiger partial charge is 0.448 e. The Balaban J connectivity index is 1.99. The number of nitrogens with zero attached hydrogens (tertiary/aromatic N) is 1. The average molecular weight is 296 g/mol. The highest BCUT2D eigenvalue weighted by Gasteiger charge is 2.03. The van der Waals surface area contributed by atoms with Crippen LogP contribution in [-0.2, 0) is 0 Å². The van der Waals surface area contributed by atoms with Gasteiger partial charge in [-0.2, -0.15) is 5.10 Å². The fourth-order valence-corrected chi connectivity index (χ4v) is 2.14. The SMILES string of the molecule is NC(=O)N/N=C\c1ccc(Sc2ccc(Cl)cc2)o1. The van der Waals surface area contributed by atoms with E-state index in [-0.39, 0.29) is 0 Å². The molecule has 7 heteroatoms. The van der Waals surface area contributed by atoms with Crippen LogP contribution >= 0.6 is 23.4 Å².